The van der Waals surface area contributed by atoms with E-state index < -0.39 is 33.8 Å². The molecule has 12 nitrogen and oxygen atoms in total. The molecule has 0 saturated heterocycles. The number of aromatic hydroxyl groups is 1. The highest BCUT2D eigenvalue weighted by Crippen LogP contribution is 2.36. The predicted octanol–water partition coefficient (Wildman–Crippen LogP) is 2.14. The van der Waals surface area contributed by atoms with Crippen molar-refractivity contribution >= 4 is 23.5 Å². The van der Waals surface area contributed by atoms with Crippen LogP contribution in [0.25, 0.3) is 0 Å². The minimum atomic E-state index is -0.783. The van der Waals surface area contributed by atoms with Gasteiger partial charge in [0.15, 0.2) is 18.1 Å². The van der Waals surface area contributed by atoms with Crippen LogP contribution in [0.5, 0.6) is 17.2 Å². The van der Waals surface area contributed by atoms with Crippen molar-refractivity contribution in [1.82, 2.24) is 5.43 Å². The van der Waals surface area contributed by atoms with Crippen LogP contribution in [0.3, 0.4) is 0 Å². The standard InChI is InChI=1S/C17H16N4O8/c1-2-28-15-8-11(7-13(17(15)23)21(26)27)9-18-19-16(22)10-29-14-6-4-3-5-12(14)20(24)25/h3-9,23H,2,10H2,1H3,(H,19,22)/b18-9+. The van der Waals surface area contributed by atoms with Gasteiger partial charge in [-0.1, -0.05) is 12.1 Å². The number of amides is 1. The summed E-state index contributed by atoms with van der Waals surface area (Å²) in [6.07, 6.45) is 1.11. The van der Waals surface area contributed by atoms with Gasteiger partial charge in [-0.3, -0.25) is 25.0 Å². The summed E-state index contributed by atoms with van der Waals surface area (Å²) in [7, 11) is 0. The van der Waals surface area contributed by atoms with Crippen molar-refractivity contribution in [3.63, 3.8) is 0 Å². The summed E-state index contributed by atoms with van der Waals surface area (Å²) in [4.78, 5) is 32.3. The number of nitro benzene ring substituents is 2. The number of hydrogen-bond donors (Lipinski definition) is 2. The first-order chi connectivity index (χ1) is 13.8. The lowest BCUT2D eigenvalue weighted by Crippen LogP contribution is -2.24. The average Bonchev–Trinajstić information content (AvgIpc) is 2.68. The number of carbonyl (C=O) groups excluding carboxylic acids is 1. The largest absolute Gasteiger partial charge is 0.500 e. The van der Waals surface area contributed by atoms with Crippen LogP contribution < -0.4 is 14.9 Å². The van der Waals surface area contributed by atoms with E-state index >= 15 is 0 Å². The molecule has 2 aromatic carbocycles. The number of carbonyl (C=O) groups is 1. The van der Waals surface area contributed by atoms with E-state index in [1.807, 2.05) is 0 Å². The van der Waals surface area contributed by atoms with Crippen molar-refractivity contribution in [3.05, 3.63) is 62.2 Å². The Bertz CT molecular complexity index is 960. The number of phenolic OH excluding ortho intramolecular Hbond substituents is 1. The topological polar surface area (TPSA) is 166 Å². The Kier molecular flexibility index (Phi) is 7.01. The van der Waals surface area contributed by atoms with Gasteiger partial charge in [0.1, 0.15) is 0 Å². The van der Waals surface area contributed by atoms with Crippen LogP contribution in [-0.2, 0) is 4.79 Å². The van der Waals surface area contributed by atoms with Crippen molar-refractivity contribution in [3.8, 4) is 17.2 Å². The van der Waals surface area contributed by atoms with E-state index in [0.717, 1.165) is 12.3 Å². The molecule has 0 fully saturated rings. The molecule has 0 aromatic heterocycles. The molecule has 2 N–H and O–H groups in total. The number of hydrazone groups is 1. The molecule has 1 amide bonds. The fraction of sp³-hybridized carbons (Fsp3) is 0.176. The van der Waals surface area contributed by atoms with E-state index in [2.05, 4.69) is 10.5 Å². The molecule has 0 aliphatic rings. The van der Waals surface area contributed by atoms with Crippen LogP contribution in [0.2, 0.25) is 0 Å². The first-order valence-corrected chi connectivity index (χ1v) is 8.15. The number of para-hydroxylation sites is 2. The van der Waals surface area contributed by atoms with E-state index in [1.165, 1.54) is 30.3 Å². The average molecular weight is 404 g/mol. The zero-order valence-corrected chi connectivity index (χ0v) is 15.1. The third kappa shape index (κ3) is 5.63. The Morgan fingerprint density at radius 2 is 1.83 bits per heavy atom. The van der Waals surface area contributed by atoms with E-state index in [0.29, 0.717) is 0 Å². The molecule has 2 rings (SSSR count). The number of nitrogens with one attached hydrogen (secondary N) is 1. The zero-order valence-electron chi connectivity index (χ0n) is 15.1. The monoisotopic (exact) mass is 404 g/mol. The fourth-order valence-corrected chi connectivity index (χ4v) is 2.18. The van der Waals surface area contributed by atoms with E-state index in [9.17, 15) is 30.1 Å². The molecule has 0 bridgehead atoms. The van der Waals surface area contributed by atoms with Crippen LogP contribution in [0.15, 0.2) is 41.5 Å². The summed E-state index contributed by atoms with van der Waals surface area (Å²) in [6.45, 7) is 1.27. The number of hydrogen-bond acceptors (Lipinski definition) is 9. The molecule has 0 spiro atoms. The Balaban J connectivity index is 2.03. The van der Waals surface area contributed by atoms with Crippen LogP contribution in [-0.4, -0.2) is 40.3 Å². The number of phenols is 1. The molecule has 29 heavy (non-hydrogen) atoms. The van der Waals surface area contributed by atoms with Crippen LogP contribution in [0, 0.1) is 20.2 Å². The van der Waals surface area contributed by atoms with Gasteiger partial charge in [-0.15, -0.1) is 0 Å². The van der Waals surface area contributed by atoms with Gasteiger partial charge in [0, 0.05) is 17.7 Å². The summed E-state index contributed by atoms with van der Waals surface area (Å²) < 4.78 is 10.2. The Morgan fingerprint density at radius 1 is 1.14 bits per heavy atom. The molecule has 2 aromatic rings. The van der Waals surface area contributed by atoms with E-state index in [-0.39, 0.29) is 29.4 Å². The minimum Gasteiger partial charge on any atom is -0.500 e. The maximum atomic E-state index is 11.8. The first-order valence-electron chi connectivity index (χ1n) is 8.15. The number of nitrogens with zero attached hydrogens (tertiary/aromatic N) is 3. The number of nitro groups is 2. The van der Waals surface area contributed by atoms with E-state index in [1.54, 1.807) is 6.92 Å². The van der Waals surface area contributed by atoms with Gasteiger partial charge < -0.3 is 14.6 Å². The van der Waals surface area contributed by atoms with Crippen molar-refractivity contribution in [2.24, 2.45) is 5.10 Å². The Morgan fingerprint density at radius 3 is 2.48 bits per heavy atom. The second-order valence-corrected chi connectivity index (χ2v) is 5.38. The van der Waals surface area contributed by atoms with Crippen molar-refractivity contribution < 1.29 is 29.2 Å². The summed E-state index contributed by atoms with van der Waals surface area (Å²) in [5.74, 6) is -1.50. The normalized spacial score (nSPS) is 10.5. The molecule has 0 aliphatic heterocycles. The molecular formula is C17H16N4O8. The lowest BCUT2D eigenvalue weighted by Gasteiger charge is -2.07. The molecular weight excluding hydrogens is 388 g/mol. The van der Waals surface area contributed by atoms with Gasteiger partial charge in [-0.25, -0.2) is 5.43 Å². The highest BCUT2D eigenvalue weighted by Gasteiger charge is 2.20. The third-order valence-corrected chi connectivity index (χ3v) is 3.40. The van der Waals surface area contributed by atoms with E-state index in [4.69, 9.17) is 9.47 Å². The zero-order chi connectivity index (χ0) is 21.4. The lowest BCUT2D eigenvalue weighted by molar-refractivity contribution is -0.386. The molecule has 0 aliphatic carbocycles. The van der Waals surface area contributed by atoms with Gasteiger partial charge in [-0.05, 0) is 19.1 Å². The third-order valence-electron chi connectivity index (χ3n) is 3.40. The Labute approximate surface area is 163 Å². The highest BCUT2D eigenvalue weighted by atomic mass is 16.6. The SMILES string of the molecule is CCOc1cc(/C=N/NC(=O)COc2ccccc2[N+](=O)[O-])cc([N+](=O)[O-])c1O. The predicted molar refractivity (Wildman–Crippen MR) is 100 cm³/mol. The molecule has 12 heteroatoms. The first kappa shape index (κ1) is 21.1. The minimum absolute atomic E-state index is 0.0767. The quantitative estimate of drug-likeness (QED) is 0.364. The summed E-state index contributed by atoms with van der Waals surface area (Å²) in [5.41, 5.74) is 1.45. The fourth-order valence-electron chi connectivity index (χ4n) is 2.18. The van der Waals surface area contributed by atoms with Crippen LogP contribution in [0.4, 0.5) is 11.4 Å². The van der Waals surface area contributed by atoms with Crippen molar-refractivity contribution in [2.45, 2.75) is 6.92 Å². The van der Waals surface area contributed by atoms with Crippen molar-refractivity contribution in [2.75, 3.05) is 13.2 Å². The summed E-state index contributed by atoms with van der Waals surface area (Å²) >= 11 is 0. The molecule has 152 valence electrons. The molecule has 0 heterocycles. The molecule has 0 saturated carbocycles. The van der Waals surface area contributed by atoms with Crippen LogP contribution in [0.1, 0.15) is 12.5 Å². The van der Waals surface area contributed by atoms with Gasteiger partial charge in [0.2, 0.25) is 5.75 Å². The maximum Gasteiger partial charge on any atom is 0.315 e. The molecule has 0 unspecified atom stereocenters. The number of rotatable bonds is 9. The molecule has 0 atom stereocenters. The smallest absolute Gasteiger partial charge is 0.315 e. The van der Waals surface area contributed by atoms with Gasteiger partial charge >= 0.3 is 11.4 Å². The lowest BCUT2D eigenvalue weighted by atomic mass is 10.2. The van der Waals surface area contributed by atoms with Crippen LogP contribution >= 0.6 is 0 Å². The maximum absolute atomic E-state index is 11.8. The van der Waals surface area contributed by atoms with Crippen molar-refractivity contribution in [1.29, 1.82) is 0 Å². The second-order valence-electron chi connectivity index (χ2n) is 5.38. The summed E-state index contributed by atoms with van der Waals surface area (Å²) in [5, 5.41) is 35.4. The summed E-state index contributed by atoms with van der Waals surface area (Å²) in [6, 6.07) is 7.93. The Hall–Kier alpha value is -4.22. The van der Waals surface area contributed by atoms with Gasteiger partial charge in [-0.2, -0.15) is 5.10 Å². The number of ether oxygens (including phenoxy) is 2. The second kappa shape index (κ2) is 9.64. The van der Waals surface area contributed by atoms with Gasteiger partial charge in [0.05, 0.1) is 22.7 Å². The molecule has 0 radical (unpaired) electrons. The highest BCUT2D eigenvalue weighted by molar-refractivity contribution is 5.85. The number of benzene rings is 2. The van der Waals surface area contributed by atoms with Gasteiger partial charge in [0.25, 0.3) is 5.91 Å².